The van der Waals surface area contributed by atoms with Crippen LogP contribution in [0, 0.1) is 22.7 Å². The Balaban J connectivity index is 1.36. The van der Waals surface area contributed by atoms with Crippen molar-refractivity contribution in [3.8, 4) is 11.8 Å². The summed E-state index contributed by atoms with van der Waals surface area (Å²) in [6, 6.07) is 8.24. The van der Waals surface area contributed by atoms with Crippen LogP contribution in [0.5, 0.6) is 5.75 Å². The number of H-pyrrole nitrogens is 1. The predicted molar refractivity (Wildman–Crippen MR) is 139 cm³/mol. The maximum absolute atomic E-state index is 13.8. The van der Waals surface area contributed by atoms with Gasteiger partial charge in [0.25, 0.3) is 5.91 Å². The molecule has 1 spiro atoms. The Morgan fingerprint density at radius 2 is 2.03 bits per heavy atom. The highest BCUT2D eigenvalue weighted by Crippen LogP contribution is 2.46. The highest BCUT2D eigenvalue weighted by atomic mass is 16.5. The molecule has 8 nitrogen and oxygen atoms in total. The fourth-order valence-corrected chi connectivity index (χ4v) is 6.68. The van der Waals surface area contributed by atoms with Gasteiger partial charge in [-0.1, -0.05) is 25.7 Å². The summed E-state index contributed by atoms with van der Waals surface area (Å²) in [6.07, 6.45) is 9.56. The van der Waals surface area contributed by atoms with Gasteiger partial charge in [-0.15, -0.1) is 0 Å². The molecule has 196 valence electrons. The highest BCUT2D eigenvalue weighted by molar-refractivity contribution is 6.01. The van der Waals surface area contributed by atoms with Crippen LogP contribution in [0.2, 0.25) is 0 Å². The lowest BCUT2D eigenvalue weighted by Gasteiger charge is -2.32. The molecule has 2 heterocycles. The smallest absolute Gasteiger partial charge is 0.271 e. The van der Waals surface area contributed by atoms with Gasteiger partial charge in [0.05, 0.1) is 13.2 Å². The maximum atomic E-state index is 13.8. The number of likely N-dealkylation sites (tertiary alicyclic amines) is 1. The zero-order valence-electron chi connectivity index (χ0n) is 21.6. The van der Waals surface area contributed by atoms with Crippen LogP contribution in [-0.4, -0.2) is 53.2 Å². The molecule has 0 bridgehead atoms. The number of hydrogen-bond donors (Lipinski definition) is 2. The number of nitrogens with one attached hydrogen (secondary N) is 2. The van der Waals surface area contributed by atoms with E-state index in [9.17, 15) is 19.6 Å². The van der Waals surface area contributed by atoms with Crippen LogP contribution in [0.3, 0.4) is 0 Å². The maximum Gasteiger partial charge on any atom is 0.271 e. The number of rotatable bonds is 6. The number of fused-ring (bicyclic) bond motifs is 1. The molecule has 2 aliphatic carbocycles. The Hall–Kier alpha value is -3.34. The number of benzene rings is 1. The second-order valence-corrected chi connectivity index (χ2v) is 11.2. The van der Waals surface area contributed by atoms with Gasteiger partial charge in [0.15, 0.2) is 0 Å². The number of ketones is 1. The van der Waals surface area contributed by atoms with Gasteiger partial charge in [0.2, 0.25) is 5.91 Å². The fourth-order valence-electron chi connectivity index (χ4n) is 6.68. The third-order valence-corrected chi connectivity index (χ3v) is 8.72. The second kappa shape index (κ2) is 10.6. The van der Waals surface area contributed by atoms with Gasteiger partial charge in [-0.05, 0) is 68.2 Å². The van der Waals surface area contributed by atoms with E-state index in [1.165, 1.54) is 6.42 Å². The Bertz CT molecular complexity index is 1220. The lowest BCUT2D eigenvalue weighted by atomic mass is 9.72. The summed E-state index contributed by atoms with van der Waals surface area (Å²) < 4.78 is 5.31. The largest absolute Gasteiger partial charge is 0.497 e. The Morgan fingerprint density at radius 3 is 2.76 bits per heavy atom. The normalized spacial score (nSPS) is 24.1. The van der Waals surface area contributed by atoms with Crippen LogP contribution in [0.15, 0.2) is 24.3 Å². The van der Waals surface area contributed by atoms with Gasteiger partial charge in [-0.2, -0.15) is 5.26 Å². The number of aromatic amines is 1. The van der Waals surface area contributed by atoms with E-state index in [0.29, 0.717) is 37.3 Å². The lowest BCUT2D eigenvalue weighted by Crippen LogP contribution is -2.49. The molecule has 3 aliphatic rings. The summed E-state index contributed by atoms with van der Waals surface area (Å²) in [5.41, 5.74) is 1.21. The van der Waals surface area contributed by atoms with Crippen LogP contribution >= 0.6 is 0 Å². The van der Waals surface area contributed by atoms with Gasteiger partial charge >= 0.3 is 0 Å². The molecule has 1 aromatic heterocycles. The average molecular weight is 505 g/mol. The number of carbonyl (C=O) groups excluding carboxylic acids is 3. The number of hydrogen-bond acceptors (Lipinski definition) is 5. The number of nitrogens with zero attached hydrogens (tertiary/aromatic N) is 2. The topological polar surface area (TPSA) is 115 Å². The molecule has 1 aromatic carbocycles. The minimum absolute atomic E-state index is 0.0629. The molecule has 8 heteroatoms. The fraction of sp³-hybridized carbons (Fsp3) is 0.586. The number of ether oxygens (including phenoxy) is 1. The van der Waals surface area contributed by atoms with E-state index in [0.717, 1.165) is 55.8 Å². The number of nitriles is 1. The number of aromatic nitrogens is 1. The standard InChI is InChI=1S/C29H36N4O4/c1-37-22-9-10-23-20(14-22)15-24(32-23)28(36)33-18-29(11-5-2-6-12-29)16-25(33)27(35)31-21(17-30)13-19-7-3-4-8-26(19)34/h9-10,14-15,19,21,25,32H,2-8,11-13,16,18H2,1H3,(H,31,35). The first-order valence-corrected chi connectivity index (χ1v) is 13.6. The molecule has 0 radical (unpaired) electrons. The lowest BCUT2D eigenvalue weighted by molar-refractivity contribution is -0.127. The molecule has 37 heavy (non-hydrogen) atoms. The van der Waals surface area contributed by atoms with Crippen molar-refractivity contribution in [1.82, 2.24) is 15.2 Å². The van der Waals surface area contributed by atoms with E-state index in [-0.39, 0.29) is 28.9 Å². The van der Waals surface area contributed by atoms with E-state index in [1.807, 2.05) is 24.3 Å². The van der Waals surface area contributed by atoms with E-state index in [4.69, 9.17) is 4.74 Å². The highest BCUT2D eigenvalue weighted by Gasteiger charge is 2.49. The van der Waals surface area contributed by atoms with Crippen LogP contribution in [-0.2, 0) is 9.59 Å². The Labute approximate surface area is 217 Å². The molecule has 2 aromatic rings. The Kier molecular flexibility index (Phi) is 7.23. The predicted octanol–water partition coefficient (Wildman–Crippen LogP) is 4.50. The van der Waals surface area contributed by atoms with E-state index >= 15 is 0 Å². The van der Waals surface area contributed by atoms with Crippen LogP contribution in [0.25, 0.3) is 10.9 Å². The zero-order valence-corrected chi connectivity index (χ0v) is 21.6. The molecule has 3 unspecified atom stereocenters. The second-order valence-electron chi connectivity index (χ2n) is 11.2. The van der Waals surface area contributed by atoms with Gasteiger partial charge in [0, 0.05) is 29.8 Å². The molecular weight excluding hydrogens is 468 g/mol. The van der Waals surface area contributed by atoms with Crippen molar-refractivity contribution in [3.05, 3.63) is 30.0 Å². The van der Waals surface area contributed by atoms with Crippen LogP contribution in [0.1, 0.15) is 81.1 Å². The molecule has 2 N–H and O–H groups in total. The molecule has 1 saturated heterocycles. The van der Waals surface area contributed by atoms with E-state index < -0.39 is 12.1 Å². The van der Waals surface area contributed by atoms with E-state index in [1.54, 1.807) is 12.0 Å². The molecule has 3 fully saturated rings. The van der Waals surface area contributed by atoms with Gasteiger partial charge < -0.3 is 19.9 Å². The van der Waals surface area contributed by atoms with Crippen molar-refractivity contribution in [2.24, 2.45) is 11.3 Å². The van der Waals surface area contributed by atoms with Crippen molar-refractivity contribution in [2.75, 3.05) is 13.7 Å². The molecule has 5 rings (SSSR count). The third kappa shape index (κ3) is 5.22. The summed E-state index contributed by atoms with van der Waals surface area (Å²) in [4.78, 5) is 44.6. The molecular formula is C29H36N4O4. The van der Waals surface area contributed by atoms with Crippen molar-refractivity contribution >= 4 is 28.5 Å². The molecule has 3 atom stereocenters. The first kappa shape index (κ1) is 25.3. The minimum atomic E-state index is -0.736. The van der Waals surface area contributed by atoms with Crippen molar-refractivity contribution in [1.29, 1.82) is 5.26 Å². The van der Waals surface area contributed by atoms with Gasteiger partial charge in [-0.25, -0.2) is 0 Å². The SMILES string of the molecule is COc1ccc2[nH]c(C(=O)N3CC4(CCCCC4)CC3C(=O)NC(C#N)CC3CCCCC3=O)cc2c1. The van der Waals surface area contributed by atoms with Crippen molar-refractivity contribution in [3.63, 3.8) is 0 Å². The number of methoxy groups -OCH3 is 1. The Morgan fingerprint density at radius 1 is 1.22 bits per heavy atom. The minimum Gasteiger partial charge on any atom is -0.497 e. The monoisotopic (exact) mass is 504 g/mol. The quantitative estimate of drug-likeness (QED) is 0.601. The summed E-state index contributed by atoms with van der Waals surface area (Å²) in [7, 11) is 1.61. The third-order valence-electron chi connectivity index (χ3n) is 8.72. The summed E-state index contributed by atoms with van der Waals surface area (Å²) in [5.74, 6) is 0.240. The summed E-state index contributed by atoms with van der Waals surface area (Å²) in [5, 5.41) is 13.6. The zero-order chi connectivity index (χ0) is 26.0. The van der Waals surface area contributed by atoms with E-state index in [2.05, 4.69) is 16.4 Å². The number of amides is 2. The van der Waals surface area contributed by atoms with Crippen molar-refractivity contribution < 1.29 is 19.1 Å². The molecule has 2 saturated carbocycles. The number of Topliss-reactive ketones (excluding diaryl/α,β-unsaturated/α-hetero) is 1. The average Bonchev–Trinajstić information content (AvgIpc) is 3.51. The first-order valence-electron chi connectivity index (χ1n) is 13.6. The first-order chi connectivity index (χ1) is 17.9. The van der Waals surface area contributed by atoms with Gasteiger partial charge in [0.1, 0.15) is 29.3 Å². The van der Waals surface area contributed by atoms with Crippen molar-refractivity contribution in [2.45, 2.75) is 82.7 Å². The van der Waals surface area contributed by atoms with Crippen LogP contribution in [0.4, 0.5) is 0 Å². The van der Waals surface area contributed by atoms with Gasteiger partial charge in [-0.3, -0.25) is 14.4 Å². The summed E-state index contributed by atoms with van der Waals surface area (Å²) >= 11 is 0. The summed E-state index contributed by atoms with van der Waals surface area (Å²) in [6.45, 7) is 0.543. The molecule has 1 aliphatic heterocycles. The number of carbonyl (C=O) groups is 3. The molecule has 2 amide bonds. The van der Waals surface area contributed by atoms with Crippen LogP contribution < -0.4 is 10.1 Å².